The Kier molecular flexibility index (Phi) is 4.56. The summed E-state index contributed by atoms with van der Waals surface area (Å²) in [6, 6.07) is 11.1. The van der Waals surface area contributed by atoms with E-state index in [-0.39, 0.29) is 15.9 Å². The lowest BCUT2D eigenvalue weighted by atomic mass is 9.50. The van der Waals surface area contributed by atoms with Crippen LogP contribution in [0, 0.1) is 62.1 Å². The third-order valence-corrected chi connectivity index (χ3v) is 7.69. The zero-order chi connectivity index (χ0) is 21.0. The fourth-order valence-corrected chi connectivity index (χ4v) is 5.70. The Morgan fingerprint density at radius 2 is 1.93 bits per heavy atom. The van der Waals surface area contributed by atoms with Crippen LogP contribution in [0.5, 0.6) is 0 Å². The average molecular weight is 429 g/mol. The van der Waals surface area contributed by atoms with Crippen molar-refractivity contribution in [3.63, 3.8) is 0 Å². The first kappa shape index (κ1) is 20.0. The lowest BCUT2D eigenvalue weighted by molar-refractivity contribution is -0.299. The van der Waals surface area contributed by atoms with E-state index in [1.54, 1.807) is 18.2 Å². The second-order valence-corrected chi connectivity index (χ2v) is 8.72. The summed E-state index contributed by atoms with van der Waals surface area (Å²) < 4.78 is 12.3. The first-order chi connectivity index (χ1) is 13.9. The molecule has 1 N–H and O–H groups in total. The molecule has 1 aromatic carbocycles. The predicted molar refractivity (Wildman–Crippen MR) is 105 cm³/mol. The first-order valence-electron chi connectivity index (χ1n) is 9.49. The highest BCUT2D eigenvalue weighted by molar-refractivity contribution is 6.42. The maximum atomic E-state index is 10.3. The van der Waals surface area contributed by atoms with Gasteiger partial charge in [-0.05, 0) is 24.8 Å². The molecule has 5 atom stereocenters. The largest absolute Gasteiger partial charge is 0.447 e. The molecule has 2 bridgehead atoms. The van der Waals surface area contributed by atoms with Crippen molar-refractivity contribution in [3.05, 3.63) is 33.8 Å². The van der Waals surface area contributed by atoms with Gasteiger partial charge in [-0.1, -0.05) is 48.7 Å². The smallest absolute Gasteiger partial charge is 0.217 e. The molecule has 1 saturated carbocycles. The number of rotatable bonds is 2. The summed E-state index contributed by atoms with van der Waals surface area (Å²) in [5.74, 6) is -1.88. The Morgan fingerprint density at radius 1 is 1.21 bits per heavy atom. The number of hydrogen-bond donors (Lipinski definition) is 1. The van der Waals surface area contributed by atoms with E-state index >= 15 is 0 Å². The van der Waals surface area contributed by atoms with Crippen molar-refractivity contribution in [2.45, 2.75) is 44.5 Å². The number of benzene rings is 1. The van der Waals surface area contributed by atoms with Crippen molar-refractivity contribution in [2.24, 2.45) is 22.7 Å². The van der Waals surface area contributed by atoms with Gasteiger partial charge >= 0.3 is 0 Å². The molecule has 0 spiro atoms. The number of ether oxygens (including phenoxy) is 2. The van der Waals surface area contributed by atoms with Crippen molar-refractivity contribution >= 4 is 29.1 Å². The molecule has 1 aliphatic carbocycles. The molecular formula is C21H18Cl2N4O2. The highest BCUT2D eigenvalue weighted by Gasteiger charge is 2.81. The van der Waals surface area contributed by atoms with Gasteiger partial charge < -0.3 is 9.47 Å². The fraction of sp³-hybridized carbons (Fsp3) is 0.524. The highest BCUT2D eigenvalue weighted by Crippen LogP contribution is 2.70. The highest BCUT2D eigenvalue weighted by atomic mass is 35.5. The standard InChI is InChI=1S/C21H18Cl2N4O2/c1-2-12-6-7-21-15(8-12)20(11-26,18(27)29-21)19(9-24,10-25)17(28-21)13-4-3-5-14(22)16(13)23/h3-5,12,15,17,27H,2,6-8H2,1H3. The van der Waals surface area contributed by atoms with Gasteiger partial charge in [0.1, 0.15) is 6.10 Å². The van der Waals surface area contributed by atoms with Gasteiger partial charge in [-0.2, -0.15) is 15.8 Å². The van der Waals surface area contributed by atoms with E-state index in [9.17, 15) is 15.8 Å². The maximum Gasteiger partial charge on any atom is 0.217 e. The van der Waals surface area contributed by atoms with Gasteiger partial charge in [0.25, 0.3) is 0 Å². The lowest BCUT2D eigenvalue weighted by Crippen LogP contribution is -2.61. The van der Waals surface area contributed by atoms with Gasteiger partial charge in [-0.15, -0.1) is 0 Å². The number of nitrogens with zero attached hydrogens (tertiary/aromatic N) is 3. The van der Waals surface area contributed by atoms with Crippen LogP contribution in [0.2, 0.25) is 10.0 Å². The number of hydrogen-bond acceptors (Lipinski definition) is 6. The summed E-state index contributed by atoms with van der Waals surface area (Å²) in [5.41, 5.74) is -3.41. The lowest BCUT2D eigenvalue weighted by Gasteiger charge is -2.52. The van der Waals surface area contributed by atoms with E-state index in [4.69, 9.17) is 38.1 Å². The van der Waals surface area contributed by atoms with Crippen LogP contribution in [0.25, 0.3) is 0 Å². The second-order valence-electron chi connectivity index (χ2n) is 7.94. The Bertz CT molecular complexity index is 1010. The number of halogens is 2. The average Bonchev–Trinajstić information content (AvgIpc) is 2.93. The molecular weight excluding hydrogens is 411 g/mol. The van der Waals surface area contributed by atoms with E-state index in [0.717, 1.165) is 12.8 Å². The summed E-state index contributed by atoms with van der Waals surface area (Å²) in [4.78, 5) is 0. The van der Waals surface area contributed by atoms with Crippen LogP contribution in [0.4, 0.5) is 0 Å². The molecule has 5 unspecified atom stereocenters. The molecule has 29 heavy (non-hydrogen) atoms. The third-order valence-electron chi connectivity index (χ3n) is 6.86. The molecule has 2 aliphatic heterocycles. The summed E-state index contributed by atoms with van der Waals surface area (Å²) in [6.07, 6.45) is 1.55. The molecule has 2 saturated heterocycles. The Labute approximate surface area is 179 Å². The molecule has 1 aromatic rings. The van der Waals surface area contributed by atoms with Crippen LogP contribution in [-0.2, 0) is 9.47 Å². The number of nitriles is 3. The van der Waals surface area contributed by atoms with Crippen LogP contribution in [0.3, 0.4) is 0 Å². The van der Waals surface area contributed by atoms with E-state index in [1.807, 2.05) is 12.1 Å². The Morgan fingerprint density at radius 3 is 2.55 bits per heavy atom. The minimum absolute atomic E-state index is 0.158. The van der Waals surface area contributed by atoms with Gasteiger partial charge in [0.05, 0.1) is 34.2 Å². The summed E-state index contributed by atoms with van der Waals surface area (Å²) >= 11 is 12.6. The molecule has 0 radical (unpaired) electrons. The topological polar surface area (TPSA) is 114 Å². The van der Waals surface area contributed by atoms with Gasteiger partial charge in [0.2, 0.25) is 17.1 Å². The van der Waals surface area contributed by atoms with Gasteiger partial charge in [-0.25, -0.2) is 0 Å². The predicted octanol–water partition coefficient (Wildman–Crippen LogP) is 5.14. The second kappa shape index (κ2) is 6.61. The zero-order valence-electron chi connectivity index (χ0n) is 15.7. The SMILES string of the molecule is CCC1CCC23OC(=N)C(C#N)(C2C1)C(C#N)(C#N)C(c1cccc(Cl)c1Cl)O3. The minimum Gasteiger partial charge on any atom is -0.447 e. The summed E-state index contributed by atoms with van der Waals surface area (Å²) in [7, 11) is 0. The van der Waals surface area contributed by atoms with Crippen molar-refractivity contribution in [2.75, 3.05) is 0 Å². The maximum absolute atomic E-state index is 10.3. The van der Waals surface area contributed by atoms with E-state index in [2.05, 4.69) is 13.0 Å². The van der Waals surface area contributed by atoms with Crippen LogP contribution in [0.1, 0.15) is 44.3 Å². The minimum atomic E-state index is -2.01. The molecule has 0 amide bonds. The normalized spacial score (nSPS) is 36.8. The molecule has 6 nitrogen and oxygen atoms in total. The third kappa shape index (κ3) is 2.27. The van der Waals surface area contributed by atoms with Crippen LogP contribution in [0.15, 0.2) is 18.2 Å². The van der Waals surface area contributed by atoms with E-state index < -0.39 is 28.6 Å². The van der Waals surface area contributed by atoms with Gasteiger partial charge in [0.15, 0.2) is 5.41 Å². The summed E-state index contributed by atoms with van der Waals surface area (Å²) in [6.45, 7) is 2.07. The monoisotopic (exact) mass is 428 g/mol. The van der Waals surface area contributed by atoms with Gasteiger partial charge in [0, 0.05) is 12.0 Å². The molecule has 3 fully saturated rings. The molecule has 2 heterocycles. The van der Waals surface area contributed by atoms with Crippen molar-refractivity contribution in [3.8, 4) is 18.2 Å². The molecule has 3 aliphatic rings. The Balaban J connectivity index is 2.00. The van der Waals surface area contributed by atoms with Crippen LogP contribution < -0.4 is 0 Å². The van der Waals surface area contributed by atoms with Crippen LogP contribution >= 0.6 is 23.2 Å². The zero-order valence-corrected chi connectivity index (χ0v) is 17.2. The number of nitrogens with one attached hydrogen (secondary N) is 1. The molecule has 148 valence electrons. The molecule has 4 rings (SSSR count). The molecule has 0 aromatic heterocycles. The van der Waals surface area contributed by atoms with Crippen molar-refractivity contribution in [1.82, 2.24) is 0 Å². The Hall–Kier alpha value is -2.30. The van der Waals surface area contributed by atoms with Crippen molar-refractivity contribution < 1.29 is 9.47 Å². The van der Waals surface area contributed by atoms with Crippen LogP contribution in [-0.4, -0.2) is 11.7 Å². The fourth-order valence-electron chi connectivity index (χ4n) is 5.29. The van der Waals surface area contributed by atoms with E-state index in [1.165, 1.54) is 0 Å². The summed E-state index contributed by atoms with van der Waals surface area (Å²) in [5, 5.41) is 39.8. The first-order valence-corrected chi connectivity index (χ1v) is 10.2. The van der Waals surface area contributed by atoms with E-state index in [0.29, 0.717) is 24.3 Å². The molecule has 8 heteroatoms. The quantitative estimate of drug-likeness (QED) is 0.699. The van der Waals surface area contributed by atoms with Gasteiger partial charge in [-0.3, -0.25) is 5.41 Å². The van der Waals surface area contributed by atoms with Crippen molar-refractivity contribution in [1.29, 1.82) is 21.2 Å².